The molecule has 1 fully saturated rings. The summed E-state index contributed by atoms with van der Waals surface area (Å²) in [6.07, 6.45) is 6.24. The first kappa shape index (κ1) is 13.7. The molecule has 0 aromatic carbocycles. The number of imidazole rings is 1. The fourth-order valence-electron chi connectivity index (χ4n) is 2.15. The number of nitrogens with zero attached hydrogens (tertiary/aromatic N) is 5. The van der Waals surface area contributed by atoms with E-state index in [0.29, 0.717) is 23.8 Å². The van der Waals surface area contributed by atoms with Crippen molar-refractivity contribution in [3.8, 4) is 5.95 Å². The van der Waals surface area contributed by atoms with E-state index in [4.69, 9.17) is 4.74 Å². The summed E-state index contributed by atoms with van der Waals surface area (Å²) in [6.45, 7) is 5.20. The first-order chi connectivity index (χ1) is 10.3. The Morgan fingerprint density at radius 2 is 2.14 bits per heavy atom. The van der Waals surface area contributed by atoms with Crippen molar-refractivity contribution in [1.29, 1.82) is 0 Å². The molecule has 1 atom stereocenters. The van der Waals surface area contributed by atoms with E-state index in [9.17, 15) is 0 Å². The van der Waals surface area contributed by atoms with Crippen LogP contribution in [0.5, 0.6) is 0 Å². The molecule has 3 rings (SSSR count). The van der Waals surface area contributed by atoms with Crippen LogP contribution in [0.1, 0.15) is 13.3 Å². The number of aromatic nitrogens is 5. The predicted octanol–water partition coefficient (Wildman–Crippen LogP) is 0.937. The number of anilines is 2. The van der Waals surface area contributed by atoms with Crippen molar-refractivity contribution >= 4 is 11.9 Å². The molecule has 3 heterocycles. The molecular formula is C13H19N7O. The maximum absolute atomic E-state index is 5.37. The lowest BCUT2D eigenvalue weighted by Gasteiger charge is -2.11. The van der Waals surface area contributed by atoms with Crippen LogP contribution in [0, 0.1) is 5.92 Å². The third kappa shape index (κ3) is 3.46. The Morgan fingerprint density at radius 1 is 1.29 bits per heavy atom. The largest absolute Gasteiger partial charge is 0.381 e. The van der Waals surface area contributed by atoms with E-state index in [2.05, 4.69) is 30.6 Å². The van der Waals surface area contributed by atoms with Crippen LogP contribution in [0.2, 0.25) is 0 Å². The fraction of sp³-hybridized carbons (Fsp3) is 0.538. The number of nitrogens with one attached hydrogen (secondary N) is 2. The van der Waals surface area contributed by atoms with Crippen LogP contribution in [0.3, 0.4) is 0 Å². The maximum Gasteiger partial charge on any atom is 0.241 e. The number of hydrogen-bond acceptors (Lipinski definition) is 7. The maximum atomic E-state index is 5.37. The van der Waals surface area contributed by atoms with Crippen molar-refractivity contribution in [3.63, 3.8) is 0 Å². The van der Waals surface area contributed by atoms with Gasteiger partial charge in [-0.05, 0) is 13.3 Å². The Morgan fingerprint density at radius 3 is 2.81 bits per heavy atom. The summed E-state index contributed by atoms with van der Waals surface area (Å²) in [5.74, 6) is 2.18. The molecule has 1 saturated heterocycles. The predicted molar refractivity (Wildman–Crippen MR) is 78.5 cm³/mol. The van der Waals surface area contributed by atoms with E-state index in [1.165, 1.54) is 0 Å². The second-order valence-electron chi connectivity index (χ2n) is 4.89. The zero-order chi connectivity index (χ0) is 14.5. The summed E-state index contributed by atoms with van der Waals surface area (Å²) >= 11 is 0. The van der Waals surface area contributed by atoms with Gasteiger partial charge in [-0.15, -0.1) is 0 Å². The number of hydrogen-bond donors (Lipinski definition) is 2. The van der Waals surface area contributed by atoms with Crippen LogP contribution in [-0.2, 0) is 4.74 Å². The first-order valence-corrected chi connectivity index (χ1v) is 7.15. The molecule has 1 aliphatic heterocycles. The van der Waals surface area contributed by atoms with Crippen molar-refractivity contribution < 1.29 is 4.74 Å². The van der Waals surface area contributed by atoms with Gasteiger partial charge >= 0.3 is 0 Å². The fourth-order valence-corrected chi connectivity index (χ4v) is 2.15. The SMILES string of the molecule is CCNc1nc(NCC2CCOC2)nc(-n2ccnc2)n1. The molecule has 112 valence electrons. The lowest BCUT2D eigenvalue weighted by Crippen LogP contribution is -2.17. The highest BCUT2D eigenvalue weighted by molar-refractivity contribution is 5.38. The van der Waals surface area contributed by atoms with Gasteiger partial charge in [0.15, 0.2) is 0 Å². The van der Waals surface area contributed by atoms with Gasteiger partial charge < -0.3 is 15.4 Å². The monoisotopic (exact) mass is 289 g/mol. The van der Waals surface area contributed by atoms with Gasteiger partial charge in [0.25, 0.3) is 0 Å². The minimum atomic E-state index is 0.515. The number of ether oxygens (including phenoxy) is 1. The Balaban J connectivity index is 1.77. The van der Waals surface area contributed by atoms with Crippen LogP contribution in [0.15, 0.2) is 18.7 Å². The molecule has 1 aliphatic rings. The molecule has 0 radical (unpaired) electrons. The first-order valence-electron chi connectivity index (χ1n) is 7.15. The van der Waals surface area contributed by atoms with Crippen LogP contribution in [-0.4, -0.2) is 50.8 Å². The zero-order valence-corrected chi connectivity index (χ0v) is 12.0. The highest BCUT2D eigenvalue weighted by Crippen LogP contribution is 2.14. The highest BCUT2D eigenvalue weighted by Gasteiger charge is 2.16. The van der Waals surface area contributed by atoms with E-state index in [-0.39, 0.29) is 0 Å². The van der Waals surface area contributed by atoms with E-state index in [1.807, 2.05) is 6.92 Å². The van der Waals surface area contributed by atoms with Gasteiger partial charge in [0.05, 0.1) is 6.61 Å². The smallest absolute Gasteiger partial charge is 0.241 e. The van der Waals surface area contributed by atoms with Crippen LogP contribution in [0.25, 0.3) is 5.95 Å². The molecule has 2 aromatic rings. The molecule has 1 unspecified atom stereocenters. The molecule has 0 amide bonds. The molecular weight excluding hydrogens is 270 g/mol. The van der Waals surface area contributed by atoms with E-state index >= 15 is 0 Å². The minimum Gasteiger partial charge on any atom is -0.381 e. The Bertz CT molecular complexity index is 566. The lowest BCUT2D eigenvalue weighted by atomic mass is 10.1. The average molecular weight is 289 g/mol. The third-order valence-electron chi connectivity index (χ3n) is 3.27. The summed E-state index contributed by atoms with van der Waals surface area (Å²) < 4.78 is 7.13. The van der Waals surface area contributed by atoms with Crippen LogP contribution < -0.4 is 10.6 Å². The Hall–Kier alpha value is -2.22. The summed E-state index contributed by atoms with van der Waals surface area (Å²) in [4.78, 5) is 17.2. The average Bonchev–Trinajstić information content (AvgIpc) is 3.19. The second-order valence-corrected chi connectivity index (χ2v) is 4.89. The van der Waals surface area contributed by atoms with Gasteiger partial charge in [0, 0.05) is 38.0 Å². The quantitative estimate of drug-likeness (QED) is 0.817. The summed E-state index contributed by atoms with van der Waals surface area (Å²) in [5.41, 5.74) is 0. The van der Waals surface area contributed by atoms with E-state index < -0.39 is 0 Å². The van der Waals surface area contributed by atoms with E-state index in [1.54, 1.807) is 23.3 Å². The molecule has 0 saturated carbocycles. The standard InChI is InChI=1S/C13H19N7O/c1-2-15-11-17-12(16-7-10-3-6-21-8-10)19-13(18-11)20-5-4-14-9-20/h4-5,9-10H,2-3,6-8H2,1H3,(H2,15,16,17,18,19). The van der Waals surface area contributed by atoms with Gasteiger partial charge in [0.2, 0.25) is 17.8 Å². The normalized spacial score (nSPS) is 17.9. The third-order valence-corrected chi connectivity index (χ3v) is 3.27. The van der Waals surface area contributed by atoms with Crippen LogP contribution >= 0.6 is 0 Å². The molecule has 2 N–H and O–H groups in total. The van der Waals surface area contributed by atoms with Gasteiger partial charge in [-0.2, -0.15) is 15.0 Å². The van der Waals surface area contributed by atoms with Crippen molar-refractivity contribution in [2.24, 2.45) is 5.92 Å². The highest BCUT2D eigenvalue weighted by atomic mass is 16.5. The minimum absolute atomic E-state index is 0.515. The van der Waals surface area contributed by atoms with Crippen molar-refractivity contribution in [1.82, 2.24) is 24.5 Å². The van der Waals surface area contributed by atoms with Crippen molar-refractivity contribution in [2.45, 2.75) is 13.3 Å². The Kier molecular flexibility index (Phi) is 4.25. The number of rotatable bonds is 6. The van der Waals surface area contributed by atoms with Gasteiger partial charge in [-0.3, -0.25) is 4.57 Å². The molecule has 2 aromatic heterocycles. The molecule has 8 nitrogen and oxygen atoms in total. The molecule has 8 heteroatoms. The topological polar surface area (TPSA) is 89.8 Å². The zero-order valence-electron chi connectivity index (χ0n) is 12.0. The summed E-state index contributed by atoms with van der Waals surface area (Å²) in [5, 5.41) is 6.39. The lowest BCUT2D eigenvalue weighted by molar-refractivity contribution is 0.187. The van der Waals surface area contributed by atoms with E-state index in [0.717, 1.165) is 32.7 Å². The summed E-state index contributed by atoms with van der Waals surface area (Å²) in [6, 6.07) is 0. The van der Waals surface area contributed by atoms with Crippen LogP contribution in [0.4, 0.5) is 11.9 Å². The van der Waals surface area contributed by atoms with Crippen molar-refractivity contribution in [3.05, 3.63) is 18.7 Å². The molecule has 0 bridgehead atoms. The van der Waals surface area contributed by atoms with Gasteiger partial charge in [-0.1, -0.05) is 0 Å². The molecule has 0 spiro atoms. The van der Waals surface area contributed by atoms with Gasteiger partial charge in [-0.25, -0.2) is 4.98 Å². The molecule has 0 aliphatic carbocycles. The van der Waals surface area contributed by atoms with Crippen molar-refractivity contribution in [2.75, 3.05) is 36.9 Å². The molecule has 21 heavy (non-hydrogen) atoms. The summed E-state index contributed by atoms with van der Waals surface area (Å²) in [7, 11) is 0. The second kappa shape index (κ2) is 6.49. The Labute approximate surface area is 123 Å². The van der Waals surface area contributed by atoms with Gasteiger partial charge in [0.1, 0.15) is 6.33 Å².